The molecule has 5 rings (SSSR count). The van der Waals surface area contributed by atoms with Crippen molar-refractivity contribution in [3.63, 3.8) is 0 Å². The van der Waals surface area contributed by atoms with Crippen LogP contribution in [0.25, 0.3) is 9.66 Å². The zero-order valence-electron chi connectivity index (χ0n) is 16.9. The third kappa shape index (κ3) is 5.16. The lowest BCUT2D eigenvalue weighted by Gasteiger charge is -2.31. The lowest BCUT2D eigenvalue weighted by atomic mass is 10.1. The zero-order chi connectivity index (χ0) is 21.2. The van der Waals surface area contributed by atoms with Crippen LogP contribution >= 0.6 is 11.3 Å². The van der Waals surface area contributed by atoms with E-state index in [1.165, 1.54) is 21.6 Å². The molecule has 1 saturated heterocycles. The van der Waals surface area contributed by atoms with Crippen LogP contribution in [0.5, 0.6) is 0 Å². The molecule has 4 heterocycles. The maximum Gasteiger partial charge on any atom is 0.237 e. The Balaban J connectivity index is 0.000000200. The van der Waals surface area contributed by atoms with Crippen molar-refractivity contribution >= 4 is 36.9 Å². The highest BCUT2D eigenvalue weighted by molar-refractivity contribution is 7.90. The molecule has 4 aromatic rings. The van der Waals surface area contributed by atoms with E-state index >= 15 is 0 Å². The molecule has 3 aromatic heterocycles. The molecule has 0 aliphatic carbocycles. The van der Waals surface area contributed by atoms with Gasteiger partial charge in [0.1, 0.15) is 9.66 Å². The van der Waals surface area contributed by atoms with Crippen LogP contribution in [0.1, 0.15) is 24.9 Å². The number of benzene rings is 1. The summed E-state index contributed by atoms with van der Waals surface area (Å²) in [6, 6.07) is 13.7. The molecular weight excluding hydrogens is 410 g/mol. The first-order valence-electron chi connectivity index (χ1n) is 9.45. The van der Waals surface area contributed by atoms with E-state index in [0.717, 1.165) is 34.7 Å². The average Bonchev–Trinajstić information content (AvgIpc) is 3.36. The number of amides is 1. The van der Waals surface area contributed by atoms with Crippen molar-refractivity contribution in [2.45, 2.75) is 25.5 Å². The molecule has 158 valence electrons. The lowest BCUT2D eigenvalue weighted by molar-refractivity contribution is -0.130. The summed E-state index contributed by atoms with van der Waals surface area (Å²) in [7, 11) is -1.19. The summed E-state index contributed by atoms with van der Waals surface area (Å²) < 4.78 is 23.2. The fourth-order valence-electron chi connectivity index (χ4n) is 3.50. The van der Waals surface area contributed by atoms with Gasteiger partial charge in [-0.2, -0.15) is 0 Å². The Hall–Kier alpha value is -1.94. The molecule has 2 unspecified atom stereocenters. The molecular formula is C20H27N3O4S2. The molecule has 0 saturated carbocycles. The Morgan fingerprint density at radius 3 is 2.28 bits per heavy atom. The van der Waals surface area contributed by atoms with Crippen molar-refractivity contribution in [2.24, 2.45) is 0 Å². The number of likely N-dealkylation sites (tertiary alicyclic amines) is 1. The predicted octanol–water partition coefficient (Wildman–Crippen LogP) is 2.22. The normalized spacial score (nSPS) is 18.6. The topological polar surface area (TPSA) is 82.8 Å². The van der Waals surface area contributed by atoms with Crippen LogP contribution in [-0.4, -0.2) is 72.2 Å². The number of aromatic nitrogens is 1. The van der Waals surface area contributed by atoms with Gasteiger partial charge in [0, 0.05) is 33.6 Å². The summed E-state index contributed by atoms with van der Waals surface area (Å²) in [6.07, 6.45) is 1.81. The fourth-order valence-corrected chi connectivity index (χ4v) is 6.03. The van der Waals surface area contributed by atoms with E-state index in [4.69, 9.17) is 0 Å². The van der Waals surface area contributed by atoms with E-state index in [1.807, 2.05) is 25.2 Å². The highest BCUT2D eigenvalue weighted by Crippen LogP contribution is 2.29. The van der Waals surface area contributed by atoms with Gasteiger partial charge >= 0.3 is 0 Å². The number of rotatable bonds is 5. The highest BCUT2D eigenvalue weighted by atomic mass is 32.2. The van der Waals surface area contributed by atoms with Gasteiger partial charge in [0.15, 0.2) is 0 Å². The first-order valence-corrected chi connectivity index (χ1v) is 12.1. The van der Waals surface area contributed by atoms with Crippen LogP contribution < -0.4 is 0 Å². The molecule has 1 N–H and O–H groups in total. The Morgan fingerprint density at radius 1 is 1.24 bits per heavy atom. The van der Waals surface area contributed by atoms with Crippen molar-refractivity contribution in [1.82, 2.24) is 13.8 Å². The van der Waals surface area contributed by atoms with Gasteiger partial charge < -0.3 is 10.0 Å². The molecule has 2 bridgehead atoms. The van der Waals surface area contributed by atoms with Crippen LogP contribution in [0.4, 0.5) is 0 Å². The first-order chi connectivity index (χ1) is 13.7. The highest BCUT2D eigenvalue weighted by Gasteiger charge is 2.26. The zero-order valence-corrected chi connectivity index (χ0v) is 18.5. The number of β-amino-alcohol motifs (C(OH)–C–C–N with tert-alkyl or cyclic N) is 1. The number of carbonyl (C=O) groups is 1. The van der Waals surface area contributed by atoms with E-state index in [9.17, 15) is 18.3 Å². The van der Waals surface area contributed by atoms with Crippen molar-refractivity contribution in [3.05, 3.63) is 48.0 Å². The van der Waals surface area contributed by atoms with Gasteiger partial charge in [0.05, 0.1) is 18.4 Å². The molecule has 2 atom stereocenters. The Bertz CT molecular complexity index is 995. The summed E-state index contributed by atoms with van der Waals surface area (Å²) in [6.45, 7) is 3.97. The Labute approximate surface area is 175 Å². The predicted molar refractivity (Wildman–Crippen MR) is 116 cm³/mol. The van der Waals surface area contributed by atoms with Crippen molar-refractivity contribution in [3.8, 4) is 0 Å². The number of hydrogen-bond acceptors (Lipinski definition) is 6. The van der Waals surface area contributed by atoms with E-state index < -0.39 is 10.0 Å². The summed E-state index contributed by atoms with van der Waals surface area (Å²) in [4.78, 5) is 17.3. The van der Waals surface area contributed by atoms with E-state index in [2.05, 4.69) is 17.0 Å². The van der Waals surface area contributed by atoms with Crippen LogP contribution in [0.3, 0.4) is 0 Å². The van der Waals surface area contributed by atoms with Crippen LogP contribution in [0.15, 0.2) is 42.5 Å². The fraction of sp³-hybridized carbons (Fsp3) is 0.450. The number of aliphatic hydroxyl groups excluding tert-OH is 1. The molecule has 1 fully saturated rings. The second-order valence-corrected chi connectivity index (χ2v) is 10.3. The molecule has 1 aliphatic rings. The largest absolute Gasteiger partial charge is 0.392 e. The number of fused-ring (bicyclic) bond motifs is 1. The minimum atomic E-state index is -3.03. The van der Waals surface area contributed by atoms with Gasteiger partial charge in [-0.1, -0.05) is 41.7 Å². The van der Waals surface area contributed by atoms with Crippen LogP contribution in [-0.2, 0) is 14.8 Å². The summed E-state index contributed by atoms with van der Waals surface area (Å²) in [5.74, 6) is 0.0635. The Morgan fingerprint density at radius 2 is 1.86 bits per heavy atom. The summed E-state index contributed by atoms with van der Waals surface area (Å²) >= 11 is 1.50. The second kappa shape index (κ2) is 8.83. The quantitative estimate of drug-likeness (QED) is 0.662. The number of aliphatic hydroxyl groups is 1. The molecule has 29 heavy (non-hydrogen) atoms. The van der Waals surface area contributed by atoms with Crippen LogP contribution in [0, 0.1) is 0 Å². The van der Waals surface area contributed by atoms with Gasteiger partial charge in [-0.25, -0.2) is 12.4 Å². The third-order valence-corrected chi connectivity index (χ3v) is 7.48. The smallest absolute Gasteiger partial charge is 0.237 e. The number of likely N-dealkylation sites (N-methyl/N-ethyl adjacent to an activating group) is 1. The number of carbonyl (C=O) groups excluding carboxylic acids is 1. The lowest BCUT2D eigenvalue weighted by Crippen LogP contribution is -2.38. The maximum atomic E-state index is 11.7. The number of thiophene rings is 1. The van der Waals surface area contributed by atoms with Crippen LogP contribution in [0.2, 0.25) is 0 Å². The van der Waals surface area contributed by atoms with Crippen molar-refractivity contribution < 1.29 is 18.3 Å². The van der Waals surface area contributed by atoms with E-state index in [1.54, 1.807) is 24.0 Å². The van der Waals surface area contributed by atoms with Gasteiger partial charge in [-0.05, 0) is 24.1 Å². The van der Waals surface area contributed by atoms with Gasteiger partial charge in [0.25, 0.3) is 0 Å². The van der Waals surface area contributed by atoms with Gasteiger partial charge in [-0.15, -0.1) is 0 Å². The van der Waals surface area contributed by atoms with E-state index in [-0.39, 0.29) is 18.1 Å². The SMILES string of the molecule is CC(=O)N(C)C(CN1CCC(O)C1)c1ccccc1.CS(=O)(=O)n1c2ccc1s2. The van der Waals surface area contributed by atoms with Crippen molar-refractivity contribution in [1.29, 1.82) is 0 Å². The molecule has 1 aliphatic heterocycles. The first kappa shape index (κ1) is 21.8. The Kier molecular flexibility index (Phi) is 6.62. The summed E-state index contributed by atoms with van der Waals surface area (Å²) in [5, 5.41) is 9.61. The monoisotopic (exact) mass is 437 g/mol. The minimum absolute atomic E-state index is 0.0454. The standard InChI is InChI=1S/C15H22N2O2.C5H5NO2S2/c1-12(18)16(2)15(13-6-4-3-5-7-13)11-17-9-8-14(19)10-17;1-10(7,8)6-4-2-3-5(6)9-4/h3-7,14-15,19H,8-11H2,1-2H3;2-3H,1H3. The maximum absolute atomic E-state index is 11.7. The van der Waals surface area contributed by atoms with Crippen molar-refractivity contribution in [2.75, 3.05) is 32.9 Å². The third-order valence-electron chi connectivity index (χ3n) is 5.14. The molecule has 1 aromatic carbocycles. The molecule has 7 nitrogen and oxygen atoms in total. The molecule has 1 amide bonds. The molecule has 9 heteroatoms. The van der Waals surface area contributed by atoms with Gasteiger partial charge in [0.2, 0.25) is 15.9 Å². The minimum Gasteiger partial charge on any atom is -0.392 e. The second-order valence-electron chi connectivity index (χ2n) is 7.40. The number of nitrogens with zero attached hydrogens (tertiary/aromatic N) is 3. The average molecular weight is 438 g/mol. The van der Waals surface area contributed by atoms with E-state index in [0.29, 0.717) is 6.54 Å². The molecule has 0 radical (unpaired) electrons. The summed E-state index contributed by atoms with van der Waals surface area (Å²) in [5.41, 5.74) is 1.14. The number of hydrogen-bond donors (Lipinski definition) is 1. The molecule has 0 spiro atoms. The van der Waals surface area contributed by atoms with Gasteiger partial charge in [-0.3, -0.25) is 9.69 Å².